The van der Waals surface area contributed by atoms with Crippen molar-refractivity contribution in [3.8, 4) is 11.4 Å². The molecule has 1 aromatic carbocycles. The van der Waals surface area contributed by atoms with Crippen LogP contribution in [0.2, 0.25) is 0 Å². The molecule has 3 atom stereocenters. The zero-order valence-electron chi connectivity index (χ0n) is 18.2. The van der Waals surface area contributed by atoms with Crippen LogP contribution < -0.4 is 5.32 Å². The van der Waals surface area contributed by atoms with Crippen LogP contribution >= 0.6 is 0 Å². The van der Waals surface area contributed by atoms with Gasteiger partial charge in [-0.2, -0.15) is 18.2 Å². The van der Waals surface area contributed by atoms with Gasteiger partial charge in [0.05, 0.1) is 18.0 Å². The minimum Gasteiger partial charge on any atom is -0.337 e. The van der Waals surface area contributed by atoms with Gasteiger partial charge in [-0.15, -0.1) is 0 Å². The summed E-state index contributed by atoms with van der Waals surface area (Å²) in [5, 5.41) is 6.55. The van der Waals surface area contributed by atoms with Crippen molar-refractivity contribution in [1.29, 1.82) is 0 Å². The average molecular weight is 476 g/mol. The predicted molar refractivity (Wildman–Crippen MR) is 111 cm³/mol. The molecule has 5 rings (SSSR count). The number of benzene rings is 1. The molecule has 12 heteroatoms. The Morgan fingerprint density at radius 1 is 1.24 bits per heavy atom. The highest BCUT2D eigenvalue weighted by Gasteiger charge is 2.62. The van der Waals surface area contributed by atoms with E-state index in [1.54, 1.807) is 11.8 Å². The van der Waals surface area contributed by atoms with Crippen LogP contribution in [0.1, 0.15) is 43.5 Å². The molecule has 0 radical (unpaired) electrons. The van der Waals surface area contributed by atoms with Gasteiger partial charge in [0.1, 0.15) is 5.54 Å². The summed E-state index contributed by atoms with van der Waals surface area (Å²) >= 11 is 0. The lowest BCUT2D eigenvalue weighted by atomic mass is 9.64. The quantitative estimate of drug-likeness (QED) is 0.539. The minimum atomic E-state index is -4.69. The zero-order valence-corrected chi connectivity index (χ0v) is 18.2. The fourth-order valence-electron chi connectivity index (χ4n) is 5.12. The second-order valence-corrected chi connectivity index (χ2v) is 8.86. The van der Waals surface area contributed by atoms with E-state index in [0.717, 1.165) is 37.0 Å². The number of piperidine rings is 1. The van der Waals surface area contributed by atoms with Gasteiger partial charge >= 0.3 is 12.2 Å². The summed E-state index contributed by atoms with van der Waals surface area (Å²) in [4.78, 5) is 26.6. The lowest BCUT2D eigenvalue weighted by molar-refractivity contribution is -0.137. The SMILES string of the molecule is Cc1noc([C@]23C[C@H](C)C[C@H](C2)N3C(=O)Nc2ccc(C(F)(F)F)c(-c3ncc(F)cn3)c2)n1. The van der Waals surface area contributed by atoms with E-state index in [0.29, 0.717) is 30.5 Å². The maximum atomic E-state index is 13.6. The van der Waals surface area contributed by atoms with E-state index in [9.17, 15) is 22.4 Å². The second kappa shape index (κ2) is 7.74. The van der Waals surface area contributed by atoms with Crippen LogP contribution in [0, 0.1) is 18.7 Å². The van der Waals surface area contributed by atoms with E-state index < -0.39 is 29.1 Å². The first kappa shape index (κ1) is 22.2. The number of halogens is 4. The summed E-state index contributed by atoms with van der Waals surface area (Å²) in [6, 6.07) is 2.61. The number of aryl methyl sites for hydroxylation is 1. The summed E-state index contributed by atoms with van der Waals surface area (Å²) in [6.07, 6.45) is -1.02. The average Bonchev–Trinajstić information content (AvgIpc) is 3.19. The van der Waals surface area contributed by atoms with Crippen LogP contribution in [0.4, 0.5) is 28.0 Å². The summed E-state index contributed by atoms with van der Waals surface area (Å²) < 4.78 is 59.4. The topological polar surface area (TPSA) is 97.0 Å². The van der Waals surface area contributed by atoms with Crippen LogP contribution in [0.5, 0.6) is 0 Å². The van der Waals surface area contributed by atoms with Gasteiger partial charge in [-0.25, -0.2) is 19.2 Å². The molecule has 3 aromatic rings. The molecule has 1 saturated heterocycles. The number of hydrogen-bond acceptors (Lipinski definition) is 6. The maximum Gasteiger partial charge on any atom is 0.417 e. The van der Waals surface area contributed by atoms with E-state index in [-0.39, 0.29) is 23.1 Å². The van der Waals surface area contributed by atoms with Crippen LogP contribution in [0.25, 0.3) is 11.4 Å². The number of rotatable bonds is 3. The third-order valence-corrected chi connectivity index (χ3v) is 6.34. The van der Waals surface area contributed by atoms with Gasteiger partial charge in [0.15, 0.2) is 17.5 Å². The largest absolute Gasteiger partial charge is 0.417 e. The lowest BCUT2D eigenvalue weighted by Crippen LogP contribution is -2.70. The highest BCUT2D eigenvalue weighted by atomic mass is 19.4. The van der Waals surface area contributed by atoms with Crippen molar-refractivity contribution in [2.75, 3.05) is 5.32 Å². The number of fused-ring (bicyclic) bond motifs is 2. The minimum absolute atomic E-state index is 0.0506. The second-order valence-electron chi connectivity index (χ2n) is 8.86. The number of hydrogen-bond donors (Lipinski definition) is 1. The molecule has 1 saturated carbocycles. The Morgan fingerprint density at radius 3 is 2.62 bits per heavy atom. The van der Waals surface area contributed by atoms with E-state index in [4.69, 9.17) is 4.52 Å². The van der Waals surface area contributed by atoms with Gasteiger partial charge in [0, 0.05) is 23.7 Å². The van der Waals surface area contributed by atoms with Gasteiger partial charge in [-0.05, 0) is 43.9 Å². The van der Waals surface area contributed by atoms with Crippen molar-refractivity contribution in [3.05, 3.63) is 53.7 Å². The molecule has 0 unspecified atom stereocenters. The van der Waals surface area contributed by atoms with Crippen LogP contribution in [-0.2, 0) is 11.7 Å². The molecule has 2 aliphatic rings. The number of aromatic nitrogens is 4. The smallest absolute Gasteiger partial charge is 0.337 e. The number of carbonyl (C=O) groups excluding carboxylic acids is 1. The molecule has 2 amide bonds. The van der Waals surface area contributed by atoms with Crippen molar-refractivity contribution in [3.63, 3.8) is 0 Å². The number of alkyl halides is 3. The molecule has 34 heavy (non-hydrogen) atoms. The predicted octanol–water partition coefficient (Wildman–Crippen LogP) is 4.92. The molecule has 2 fully saturated rings. The summed E-state index contributed by atoms with van der Waals surface area (Å²) in [5.74, 6) is 0.0660. The standard InChI is InChI=1S/C22H20F4N6O2/c1-11-5-15-8-21(7-11,19-29-12(2)31-34-19)32(15)20(33)30-14-3-4-17(22(24,25)26)16(6-14)18-27-9-13(23)10-28-18/h3-4,6,9-11,15H,5,7-8H2,1-2H3,(H,30,33)/t11-,15-,21+/m1/s1. The van der Waals surface area contributed by atoms with Gasteiger partial charge < -0.3 is 14.7 Å². The third-order valence-electron chi connectivity index (χ3n) is 6.34. The Hall–Kier alpha value is -3.57. The molecule has 2 aromatic heterocycles. The number of likely N-dealkylation sites (tertiary alicyclic amines) is 1. The maximum absolute atomic E-state index is 13.6. The monoisotopic (exact) mass is 476 g/mol. The molecule has 1 aliphatic heterocycles. The highest BCUT2D eigenvalue weighted by Crippen LogP contribution is 2.55. The fourth-order valence-corrected chi connectivity index (χ4v) is 5.12. The lowest BCUT2D eigenvalue weighted by Gasteiger charge is -2.61. The van der Waals surface area contributed by atoms with E-state index in [1.165, 1.54) is 0 Å². The van der Waals surface area contributed by atoms with Crippen molar-refractivity contribution in [2.24, 2.45) is 5.92 Å². The van der Waals surface area contributed by atoms with Crippen LogP contribution in [0.3, 0.4) is 0 Å². The Morgan fingerprint density at radius 2 is 1.97 bits per heavy atom. The van der Waals surface area contributed by atoms with Crippen molar-refractivity contribution < 1.29 is 26.9 Å². The molecule has 2 bridgehead atoms. The summed E-state index contributed by atoms with van der Waals surface area (Å²) in [6.45, 7) is 3.78. The first-order valence-corrected chi connectivity index (χ1v) is 10.7. The molecular weight excluding hydrogens is 456 g/mol. The van der Waals surface area contributed by atoms with Crippen LogP contribution in [0.15, 0.2) is 35.1 Å². The molecule has 178 valence electrons. The molecule has 8 nitrogen and oxygen atoms in total. The van der Waals surface area contributed by atoms with Crippen molar-refractivity contribution >= 4 is 11.7 Å². The van der Waals surface area contributed by atoms with Gasteiger partial charge in [0.2, 0.25) is 0 Å². The van der Waals surface area contributed by atoms with E-state index >= 15 is 0 Å². The van der Waals surface area contributed by atoms with Gasteiger partial charge in [0.25, 0.3) is 5.89 Å². The fraction of sp³-hybridized carbons (Fsp3) is 0.409. The molecule has 0 spiro atoms. The number of urea groups is 1. The highest BCUT2D eigenvalue weighted by molar-refractivity contribution is 5.92. The van der Waals surface area contributed by atoms with Gasteiger partial charge in [-0.1, -0.05) is 12.1 Å². The van der Waals surface area contributed by atoms with E-state index in [1.807, 2.05) is 0 Å². The number of nitrogens with one attached hydrogen (secondary N) is 1. The first-order chi connectivity index (χ1) is 16.1. The number of anilines is 1. The number of amides is 2. The molecule has 1 N–H and O–H groups in total. The van der Waals surface area contributed by atoms with Crippen LogP contribution in [-0.4, -0.2) is 37.1 Å². The molecule has 3 heterocycles. The number of nitrogens with zero attached hydrogens (tertiary/aromatic N) is 5. The zero-order chi connectivity index (χ0) is 24.3. The Labute approximate surface area is 191 Å². The van der Waals surface area contributed by atoms with E-state index in [2.05, 4.69) is 32.3 Å². The Kier molecular flexibility index (Phi) is 5.06. The van der Waals surface area contributed by atoms with Crippen molar-refractivity contribution in [2.45, 2.75) is 50.9 Å². The molecular formula is C22H20F4N6O2. The Balaban J connectivity index is 1.47. The molecule has 1 aliphatic carbocycles. The Bertz CT molecular complexity index is 1240. The van der Waals surface area contributed by atoms with Gasteiger partial charge in [-0.3, -0.25) is 0 Å². The summed E-state index contributed by atoms with van der Waals surface area (Å²) in [7, 11) is 0. The third kappa shape index (κ3) is 3.66. The summed E-state index contributed by atoms with van der Waals surface area (Å²) in [5.41, 5.74) is -1.99. The normalized spacial score (nSPS) is 24.0. The van der Waals surface area contributed by atoms with Crippen molar-refractivity contribution in [1.82, 2.24) is 25.0 Å². The number of carbonyl (C=O) groups is 1. The first-order valence-electron chi connectivity index (χ1n) is 10.7.